The van der Waals surface area contributed by atoms with Crippen molar-refractivity contribution in [3.8, 4) is 5.75 Å². The maximum atomic E-state index is 13.3. The first-order valence-electron chi connectivity index (χ1n) is 5.59. The van der Waals surface area contributed by atoms with Crippen LogP contribution in [0, 0.1) is 5.82 Å². The summed E-state index contributed by atoms with van der Waals surface area (Å²) in [5.74, 6) is 0.549. The van der Waals surface area contributed by atoms with Crippen LogP contribution in [-0.2, 0) is 5.41 Å². The Bertz CT molecular complexity index is 369. The van der Waals surface area contributed by atoms with Crippen LogP contribution in [0.3, 0.4) is 0 Å². The summed E-state index contributed by atoms with van der Waals surface area (Å²) in [7, 11) is 0. The van der Waals surface area contributed by atoms with E-state index in [1.165, 1.54) is 6.07 Å². The highest BCUT2D eigenvalue weighted by Gasteiger charge is 2.22. The molecule has 90 valence electrons. The van der Waals surface area contributed by atoms with Gasteiger partial charge in [-0.3, -0.25) is 0 Å². The van der Waals surface area contributed by atoms with Crippen LogP contribution in [0.2, 0.25) is 0 Å². The summed E-state index contributed by atoms with van der Waals surface area (Å²) >= 11 is 0. The molecular formula is C14H21FO. The minimum atomic E-state index is -0.266. The molecule has 0 aliphatic heterocycles. The molecule has 1 nitrogen and oxygen atoms in total. The second-order valence-corrected chi connectivity index (χ2v) is 6.10. The Morgan fingerprint density at radius 2 is 1.56 bits per heavy atom. The molecule has 2 heteroatoms. The van der Waals surface area contributed by atoms with Crippen LogP contribution < -0.4 is 4.74 Å². The topological polar surface area (TPSA) is 9.23 Å². The quantitative estimate of drug-likeness (QED) is 0.691. The fourth-order valence-electron chi connectivity index (χ4n) is 1.51. The Labute approximate surface area is 97.6 Å². The third-order valence-electron chi connectivity index (χ3n) is 2.17. The lowest BCUT2D eigenvalue weighted by Crippen LogP contribution is -2.25. The highest BCUT2D eigenvalue weighted by molar-refractivity contribution is 5.39. The van der Waals surface area contributed by atoms with Crippen LogP contribution in [0.15, 0.2) is 18.2 Å². The van der Waals surface area contributed by atoms with Gasteiger partial charge in [-0.05, 0) is 44.4 Å². The van der Waals surface area contributed by atoms with Crippen LogP contribution in [0.1, 0.15) is 47.1 Å². The van der Waals surface area contributed by atoms with Crippen molar-refractivity contribution in [1.29, 1.82) is 0 Å². The van der Waals surface area contributed by atoms with E-state index in [0.717, 1.165) is 11.3 Å². The molecule has 16 heavy (non-hydrogen) atoms. The van der Waals surface area contributed by atoms with Crippen molar-refractivity contribution in [1.82, 2.24) is 0 Å². The van der Waals surface area contributed by atoms with Gasteiger partial charge in [0.2, 0.25) is 0 Å². The van der Waals surface area contributed by atoms with Crippen molar-refractivity contribution in [3.63, 3.8) is 0 Å². The zero-order valence-corrected chi connectivity index (χ0v) is 11.0. The molecule has 1 rings (SSSR count). The lowest BCUT2D eigenvalue weighted by atomic mass is 9.86. The maximum Gasteiger partial charge on any atom is 0.124 e. The minimum Gasteiger partial charge on any atom is -0.488 e. The molecule has 0 atom stereocenters. The molecule has 0 radical (unpaired) electrons. The summed E-state index contributed by atoms with van der Waals surface area (Å²) in [5.41, 5.74) is 0.517. The van der Waals surface area contributed by atoms with Crippen LogP contribution in [0.25, 0.3) is 0 Å². The normalized spacial score (nSPS) is 12.7. The number of hydrogen-bond acceptors (Lipinski definition) is 1. The van der Waals surface area contributed by atoms with Gasteiger partial charge in [0.1, 0.15) is 17.2 Å². The highest BCUT2D eigenvalue weighted by Crippen LogP contribution is 2.33. The molecule has 0 aromatic heterocycles. The SMILES string of the molecule is CC(C)(C)Oc1ccc(F)cc1C(C)(C)C. The Morgan fingerprint density at radius 3 is 2.00 bits per heavy atom. The summed E-state index contributed by atoms with van der Waals surface area (Å²) in [6.45, 7) is 12.1. The minimum absolute atomic E-state index is 0.122. The molecule has 0 aliphatic rings. The Morgan fingerprint density at radius 1 is 1.00 bits per heavy atom. The van der Waals surface area contributed by atoms with Gasteiger partial charge in [0.05, 0.1) is 0 Å². The summed E-state index contributed by atoms with van der Waals surface area (Å²) in [6, 6.07) is 4.71. The van der Waals surface area contributed by atoms with Crippen LogP contribution in [-0.4, -0.2) is 5.60 Å². The van der Waals surface area contributed by atoms with Gasteiger partial charge < -0.3 is 4.74 Å². The molecule has 1 aromatic rings. The van der Waals surface area contributed by atoms with Crippen LogP contribution in [0.5, 0.6) is 5.75 Å². The first kappa shape index (κ1) is 13.0. The molecule has 0 N–H and O–H groups in total. The largest absolute Gasteiger partial charge is 0.488 e. The highest BCUT2D eigenvalue weighted by atomic mass is 19.1. The molecule has 0 spiro atoms. The van der Waals surface area contributed by atoms with Gasteiger partial charge >= 0.3 is 0 Å². The van der Waals surface area contributed by atoms with E-state index >= 15 is 0 Å². The Balaban J connectivity index is 3.19. The van der Waals surface area contributed by atoms with Crippen molar-refractivity contribution in [3.05, 3.63) is 29.6 Å². The van der Waals surface area contributed by atoms with E-state index in [0.29, 0.717) is 0 Å². The maximum absolute atomic E-state index is 13.3. The summed E-state index contributed by atoms with van der Waals surface area (Å²) in [5, 5.41) is 0. The number of halogens is 1. The molecule has 0 bridgehead atoms. The van der Waals surface area contributed by atoms with Gasteiger partial charge in [0.25, 0.3) is 0 Å². The van der Waals surface area contributed by atoms with E-state index in [2.05, 4.69) is 20.8 Å². The van der Waals surface area contributed by atoms with Crippen molar-refractivity contribution < 1.29 is 9.13 Å². The number of benzene rings is 1. The van der Waals surface area contributed by atoms with Crippen molar-refractivity contribution in [2.75, 3.05) is 0 Å². The Hall–Kier alpha value is -1.05. The third kappa shape index (κ3) is 3.51. The van der Waals surface area contributed by atoms with Crippen LogP contribution in [0.4, 0.5) is 4.39 Å². The van der Waals surface area contributed by atoms with E-state index < -0.39 is 0 Å². The molecule has 0 fully saturated rings. The molecule has 0 saturated heterocycles. The average molecular weight is 224 g/mol. The molecular weight excluding hydrogens is 203 g/mol. The van der Waals surface area contributed by atoms with Gasteiger partial charge in [0, 0.05) is 5.56 Å². The zero-order chi connectivity index (χ0) is 12.6. The van der Waals surface area contributed by atoms with E-state index in [-0.39, 0.29) is 16.8 Å². The van der Waals surface area contributed by atoms with Crippen molar-refractivity contribution in [2.24, 2.45) is 0 Å². The van der Waals surface area contributed by atoms with Gasteiger partial charge in [-0.15, -0.1) is 0 Å². The number of ether oxygens (including phenoxy) is 1. The average Bonchev–Trinajstić information content (AvgIpc) is 2.04. The first-order valence-corrected chi connectivity index (χ1v) is 5.59. The molecule has 1 aromatic carbocycles. The van der Waals surface area contributed by atoms with Crippen LogP contribution >= 0.6 is 0 Å². The lowest BCUT2D eigenvalue weighted by molar-refractivity contribution is 0.127. The monoisotopic (exact) mass is 224 g/mol. The smallest absolute Gasteiger partial charge is 0.124 e. The van der Waals surface area contributed by atoms with Gasteiger partial charge in [-0.2, -0.15) is 0 Å². The zero-order valence-electron chi connectivity index (χ0n) is 11.0. The third-order valence-corrected chi connectivity index (χ3v) is 2.17. The summed E-state index contributed by atoms with van der Waals surface area (Å²) < 4.78 is 19.1. The van der Waals surface area contributed by atoms with Gasteiger partial charge in [-0.25, -0.2) is 4.39 Å². The second-order valence-electron chi connectivity index (χ2n) is 6.10. The molecule has 0 amide bonds. The summed E-state index contributed by atoms with van der Waals surface area (Å²) in [4.78, 5) is 0. The molecule has 0 aliphatic carbocycles. The van der Waals surface area contributed by atoms with E-state index in [1.54, 1.807) is 12.1 Å². The molecule has 0 unspecified atom stereocenters. The van der Waals surface area contributed by atoms with Crippen molar-refractivity contribution >= 4 is 0 Å². The predicted octanol–water partition coefficient (Wildman–Crippen LogP) is 4.30. The molecule has 0 heterocycles. The number of rotatable bonds is 1. The Kier molecular flexibility index (Phi) is 3.32. The van der Waals surface area contributed by atoms with E-state index in [4.69, 9.17) is 4.74 Å². The lowest BCUT2D eigenvalue weighted by Gasteiger charge is -2.28. The fourth-order valence-corrected chi connectivity index (χ4v) is 1.51. The first-order chi connectivity index (χ1) is 7.09. The van der Waals surface area contributed by atoms with Crippen molar-refractivity contribution in [2.45, 2.75) is 52.6 Å². The molecule has 0 saturated carbocycles. The second kappa shape index (κ2) is 4.08. The van der Waals surface area contributed by atoms with Gasteiger partial charge in [0.15, 0.2) is 0 Å². The predicted molar refractivity (Wildman–Crippen MR) is 65.5 cm³/mol. The summed E-state index contributed by atoms with van der Waals surface area (Å²) in [6.07, 6.45) is 0. The van der Waals surface area contributed by atoms with Gasteiger partial charge in [-0.1, -0.05) is 20.8 Å². The fraction of sp³-hybridized carbons (Fsp3) is 0.571. The number of hydrogen-bond donors (Lipinski definition) is 0. The van der Waals surface area contributed by atoms with E-state index in [1.807, 2.05) is 20.8 Å². The van der Waals surface area contributed by atoms with E-state index in [9.17, 15) is 4.39 Å². The standard InChI is InChI=1S/C14H21FO/c1-13(2,3)11-9-10(15)7-8-12(11)16-14(4,5)6/h7-9H,1-6H3.